The SMILES string of the molecule is COc1ccc2c(CNCCc3cccs3)c(C(=O)O)n(Cc3ccc(C)cc3)c2c1. The number of benzene rings is 2. The first-order valence-electron chi connectivity index (χ1n) is 10.3. The van der Waals surface area contributed by atoms with Crippen LogP contribution >= 0.6 is 11.3 Å². The fraction of sp³-hybridized carbons (Fsp3) is 0.240. The van der Waals surface area contributed by atoms with E-state index < -0.39 is 5.97 Å². The highest BCUT2D eigenvalue weighted by Crippen LogP contribution is 2.30. The van der Waals surface area contributed by atoms with Crippen molar-refractivity contribution in [2.45, 2.75) is 26.4 Å². The molecule has 2 aromatic carbocycles. The second kappa shape index (κ2) is 9.37. The summed E-state index contributed by atoms with van der Waals surface area (Å²) in [6.45, 7) is 3.82. The Hall–Kier alpha value is -3.09. The molecule has 0 aliphatic carbocycles. The van der Waals surface area contributed by atoms with E-state index in [9.17, 15) is 9.90 Å². The van der Waals surface area contributed by atoms with E-state index in [4.69, 9.17) is 4.74 Å². The summed E-state index contributed by atoms with van der Waals surface area (Å²) in [4.78, 5) is 13.7. The third-order valence-electron chi connectivity index (χ3n) is 5.47. The van der Waals surface area contributed by atoms with Gasteiger partial charge in [-0.1, -0.05) is 35.9 Å². The number of nitrogens with one attached hydrogen (secondary N) is 1. The van der Waals surface area contributed by atoms with Crippen LogP contribution in [0.4, 0.5) is 0 Å². The van der Waals surface area contributed by atoms with Crippen LogP contribution in [0.25, 0.3) is 10.9 Å². The van der Waals surface area contributed by atoms with E-state index in [-0.39, 0.29) is 0 Å². The van der Waals surface area contributed by atoms with Crippen LogP contribution in [-0.2, 0) is 19.5 Å². The third-order valence-corrected chi connectivity index (χ3v) is 6.41. The molecule has 2 N–H and O–H groups in total. The van der Waals surface area contributed by atoms with Crippen molar-refractivity contribution in [3.8, 4) is 5.75 Å². The molecule has 0 unspecified atom stereocenters. The van der Waals surface area contributed by atoms with Gasteiger partial charge in [-0.05, 0) is 42.5 Å². The molecule has 31 heavy (non-hydrogen) atoms. The summed E-state index contributed by atoms with van der Waals surface area (Å²) >= 11 is 1.74. The Bertz CT molecular complexity index is 1180. The van der Waals surface area contributed by atoms with Crippen LogP contribution in [0.15, 0.2) is 60.0 Å². The molecule has 0 spiro atoms. The zero-order valence-corrected chi connectivity index (χ0v) is 18.5. The Kier molecular flexibility index (Phi) is 6.39. The molecule has 0 aliphatic rings. The Morgan fingerprint density at radius 3 is 2.65 bits per heavy atom. The average molecular weight is 435 g/mol. The maximum atomic E-state index is 12.4. The molecule has 2 aromatic heterocycles. The number of thiophene rings is 1. The van der Waals surface area contributed by atoms with Crippen molar-refractivity contribution >= 4 is 28.2 Å². The summed E-state index contributed by atoms with van der Waals surface area (Å²) in [5.41, 5.74) is 4.24. The molecule has 0 radical (unpaired) electrons. The summed E-state index contributed by atoms with van der Waals surface area (Å²) in [6, 6.07) is 18.1. The Balaban J connectivity index is 1.70. The Labute approximate surface area is 185 Å². The van der Waals surface area contributed by atoms with Gasteiger partial charge in [-0.25, -0.2) is 4.79 Å². The number of carboxylic acid groups (broad SMARTS) is 1. The number of aryl methyl sites for hydroxylation is 1. The first-order valence-corrected chi connectivity index (χ1v) is 11.2. The Morgan fingerprint density at radius 2 is 1.97 bits per heavy atom. The predicted molar refractivity (Wildman–Crippen MR) is 125 cm³/mol. The lowest BCUT2D eigenvalue weighted by molar-refractivity contribution is 0.0684. The van der Waals surface area contributed by atoms with Crippen LogP contribution in [-0.4, -0.2) is 29.3 Å². The molecule has 2 heterocycles. The topological polar surface area (TPSA) is 63.5 Å². The molecular formula is C25H26N2O3S. The van der Waals surface area contributed by atoms with E-state index in [1.165, 1.54) is 10.4 Å². The molecule has 0 bridgehead atoms. The van der Waals surface area contributed by atoms with Gasteiger partial charge in [0.25, 0.3) is 0 Å². The fourth-order valence-electron chi connectivity index (χ4n) is 3.87. The van der Waals surface area contributed by atoms with Crippen molar-refractivity contribution in [3.05, 3.63) is 87.2 Å². The molecule has 4 aromatic rings. The van der Waals surface area contributed by atoms with Crippen LogP contribution in [0.3, 0.4) is 0 Å². The van der Waals surface area contributed by atoms with Crippen molar-refractivity contribution in [1.29, 1.82) is 0 Å². The molecule has 0 amide bonds. The first-order chi connectivity index (χ1) is 15.1. The number of hydrogen-bond donors (Lipinski definition) is 2. The van der Waals surface area contributed by atoms with E-state index in [0.29, 0.717) is 24.5 Å². The minimum atomic E-state index is -0.919. The van der Waals surface area contributed by atoms with Crippen molar-refractivity contribution < 1.29 is 14.6 Å². The second-order valence-corrected chi connectivity index (χ2v) is 8.63. The number of carboxylic acids is 1. The zero-order chi connectivity index (χ0) is 21.8. The molecule has 0 saturated carbocycles. The highest BCUT2D eigenvalue weighted by Gasteiger charge is 2.22. The van der Waals surface area contributed by atoms with Gasteiger partial charge in [0, 0.05) is 41.5 Å². The number of ether oxygens (including phenoxy) is 1. The van der Waals surface area contributed by atoms with Gasteiger partial charge >= 0.3 is 5.97 Å². The maximum absolute atomic E-state index is 12.4. The molecule has 4 rings (SSSR count). The molecular weight excluding hydrogens is 408 g/mol. The largest absolute Gasteiger partial charge is 0.497 e. The Morgan fingerprint density at radius 1 is 1.16 bits per heavy atom. The van der Waals surface area contributed by atoms with Crippen LogP contribution in [0.1, 0.15) is 32.1 Å². The standard InChI is InChI=1S/C25H26N2O3S/c1-17-5-7-18(8-6-17)16-27-23-14-19(30-2)9-10-21(23)22(24(27)25(28)29)15-26-12-11-20-4-3-13-31-20/h3-10,13-14,26H,11-12,15-16H2,1-2H3,(H,28,29). The number of methoxy groups -OCH3 is 1. The van der Waals surface area contributed by atoms with E-state index in [2.05, 4.69) is 35.0 Å². The monoisotopic (exact) mass is 434 g/mol. The third kappa shape index (κ3) is 4.65. The van der Waals surface area contributed by atoms with E-state index >= 15 is 0 Å². The zero-order valence-electron chi connectivity index (χ0n) is 17.7. The number of aromatic carboxylic acids is 1. The molecule has 0 atom stereocenters. The van der Waals surface area contributed by atoms with Crippen molar-refractivity contribution in [1.82, 2.24) is 9.88 Å². The van der Waals surface area contributed by atoms with E-state index in [1.54, 1.807) is 18.4 Å². The normalized spacial score (nSPS) is 11.2. The minimum Gasteiger partial charge on any atom is -0.497 e. The lowest BCUT2D eigenvalue weighted by Gasteiger charge is -2.10. The van der Waals surface area contributed by atoms with Gasteiger partial charge in [0.05, 0.1) is 12.6 Å². The van der Waals surface area contributed by atoms with Gasteiger partial charge in [0.2, 0.25) is 0 Å². The highest BCUT2D eigenvalue weighted by atomic mass is 32.1. The van der Waals surface area contributed by atoms with Crippen molar-refractivity contribution in [2.75, 3.05) is 13.7 Å². The molecule has 160 valence electrons. The molecule has 0 aliphatic heterocycles. The van der Waals surface area contributed by atoms with Crippen molar-refractivity contribution in [2.24, 2.45) is 0 Å². The van der Waals surface area contributed by atoms with Crippen molar-refractivity contribution in [3.63, 3.8) is 0 Å². The smallest absolute Gasteiger partial charge is 0.352 e. The minimum absolute atomic E-state index is 0.326. The molecule has 0 fully saturated rings. The summed E-state index contributed by atoms with van der Waals surface area (Å²) in [6.07, 6.45) is 0.926. The number of rotatable bonds is 9. The van der Waals surface area contributed by atoms with Gasteiger partial charge in [-0.2, -0.15) is 0 Å². The van der Waals surface area contributed by atoms with E-state index in [1.807, 2.05) is 41.8 Å². The average Bonchev–Trinajstić information content (AvgIpc) is 3.39. The van der Waals surface area contributed by atoms with Gasteiger partial charge in [-0.15, -0.1) is 11.3 Å². The highest BCUT2D eigenvalue weighted by molar-refractivity contribution is 7.09. The first kappa shape index (κ1) is 21.2. The summed E-state index contributed by atoms with van der Waals surface area (Å²) in [7, 11) is 1.62. The number of aromatic nitrogens is 1. The molecule has 6 heteroatoms. The lowest BCUT2D eigenvalue weighted by Crippen LogP contribution is -2.19. The lowest BCUT2D eigenvalue weighted by atomic mass is 10.1. The molecule has 0 saturated heterocycles. The maximum Gasteiger partial charge on any atom is 0.352 e. The van der Waals surface area contributed by atoms with Crippen LogP contribution in [0.5, 0.6) is 5.75 Å². The van der Waals surface area contributed by atoms with Crippen LogP contribution in [0, 0.1) is 6.92 Å². The number of carbonyl (C=O) groups is 1. The van der Waals surface area contributed by atoms with E-state index in [0.717, 1.165) is 35.0 Å². The number of fused-ring (bicyclic) bond motifs is 1. The number of hydrogen-bond acceptors (Lipinski definition) is 4. The van der Waals surface area contributed by atoms with Gasteiger partial charge in [0.1, 0.15) is 11.4 Å². The quantitative estimate of drug-likeness (QED) is 0.360. The van der Waals surface area contributed by atoms with Crippen LogP contribution in [0.2, 0.25) is 0 Å². The van der Waals surface area contributed by atoms with Gasteiger partial charge < -0.3 is 19.7 Å². The van der Waals surface area contributed by atoms with Gasteiger partial charge in [-0.3, -0.25) is 0 Å². The number of nitrogens with zero attached hydrogens (tertiary/aromatic N) is 1. The van der Waals surface area contributed by atoms with Gasteiger partial charge in [0.15, 0.2) is 0 Å². The second-order valence-electron chi connectivity index (χ2n) is 7.59. The predicted octanol–water partition coefficient (Wildman–Crippen LogP) is 5.10. The van der Waals surface area contributed by atoms with Crippen LogP contribution < -0.4 is 10.1 Å². The molecule has 5 nitrogen and oxygen atoms in total. The summed E-state index contributed by atoms with van der Waals surface area (Å²) in [5.74, 6) is -0.207. The summed E-state index contributed by atoms with van der Waals surface area (Å²) < 4.78 is 7.31. The summed E-state index contributed by atoms with van der Waals surface area (Å²) in [5, 5.41) is 16.6. The fourth-order valence-corrected chi connectivity index (χ4v) is 4.58.